The highest BCUT2D eigenvalue weighted by Gasteiger charge is 2.16. The van der Waals surface area contributed by atoms with Crippen LogP contribution in [0.4, 0.5) is 5.69 Å². The van der Waals surface area contributed by atoms with Gasteiger partial charge in [-0.25, -0.2) is 4.79 Å². The Kier molecular flexibility index (Phi) is 4.80. The number of carbonyl (C=O) groups excluding carboxylic acids is 1. The summed E-state index contributed by atoms with van der Waals surface area (Å²) < 4.78 is 0. The van der Waals surface area contributed by atoms with E-state index in [1.54, 1.807) is 31.5 Å². The van der Waals surface area contributed by atoms with Gasteiger partial charge < -0.3 is 4.84 Å². The molecule has 0 radical (unpaired) electrons. The maximum atomic E-state index is 11.9. The molecule has 0 aliphatic heterocycles. The van der Waals surface area contributed by atoms with Gasteiger partial charge in [-0.15, -0.1) is 0 Å². The van der Waals surface area contributed by atoms with Gasteiger partial charge in [0.1, 0.15) is 0 Å². The largest absolute Gasteiger partial charge is 0.367 e. The van der Waals surface area contributed by atoms with Gasteiger partial charge in [0.05, 0.1) is 21.2 Å². The third kappa shape index (κ3) is 3.64. The number of rotatable bonds is 4. The lowest BCUT2D eigenvalue weighted by atomic mass is 10.2. The summed E-state index contributed by atoms with van der Waals surface area (Å²) in [4.78, 5) is 30.6. The van der Waals surface area contributed by atoms with Crippen LogP contribution in [0, 0.1) is 10.1 Å². The number of oxime groups is 1. The number of carbonyl (C=O) groups is 1. The summed E-state index contributed by atoms with van der Waals surface area (Å²) in [6.07, 6.45) is 3.17. The second kappa shape index (κ2) is 6.77. The molecule has 7 nitrogen and oxygen atoms in total. The zero-order valence-electron chi connectivity index (χ0n) is 11.4. The molecule has 0 spiro atoms. The van der Waals surface area contributed by atoms with E-state index in [0.29, 0.717) is 5.71 Å². The van der Waals surface area contributed by atoms with E-state index in [1.165, 1.54) is 12.1 Å². The smallest absolute Gasteiger partial charge is 0.312 e. The van der Waals surface area contributed by atoms with E-state index >= 15 is 0 Å². The van der Waals surface area contributed by atoms with Crippen molar-refractivity contribution in [2.75, 3.05) is 0 Å². The van der Waals surface area contributed by atoms with Crippen molar-refractivity contribution < 1.29 is 14.6 Å². The minimum Gasteiger partial charge on any atom is -0.312 e. The first-order chi connectivity index (χ1) is 10.5. The number of nitro benzene ring substituents is 1. The van der Waals surface area contributed by atoms with Crippen LogP contribution < -0.4 is 0 Å². The van der Waals surface area contributed by atoms with Crippen LogP contribution in [-0.2, 0) is 4.84 Å². The highest BCUT2D eigenvalue weighted by molar-refractivity contribution is 6.33. The first-order valence-corrected chi connectivity index (χ1v) is 6.47. The average Bonchev–Trinajstić information content (AvgIpc) is 2.52. The van der Waals surface area contributed by atoms with Gasteiger partial charge in [-0.2, -0.15) is 0 Å². The Labute approximate surface area is 130 Å². The van der Waals surface area contributed by atoms with Crippen LogP contribution in [0.1, 0.15) is 22.8 Å². The van der Waals surface area contributed by atoms with Gasteiger partial charge >= 0.3 is 5.97 Å². The molecule has 0 unspecified atom stereocenters. The van der Waals surface area contributed by atoms with Crippen LogP contribution in [0.5, 0.6) is 0 Å². The van der Waals surface area contributed by atoms with Crippen LogP contribution in [0.15, 0.2) is 47.9 Å². The first-order valence-electron chi connectivity index (χ1n) is 6.09. The van der Waals surface area contributed by atoms with Crippen molar-refractivity contribution in [3.8, 4) is 0 Å². The predicted molar refractivity (Wildman–Crippen MR) is 80.0 cm³/mol. The number of hydrogen-bond donors (Lipinski definition) is 0. The molecule has 0 aliphatic carbocycles. The summed E-state index contributed by atoms with van der Waals surface area (Å²) >= 11 is 5.84. The molecule has 0 aliphatic rings. The third-order valence-corrected chi connectivity index (χ3v) is 3.06. The Morgan fingerprint density at radius 2 is 2.00 bits per heavy atom. The Morgan fingerprint density at radius 3 is 2.59 bits per heavy atom. The lowest BCUT2D eigenvalue weighted by Crippen LogP contribution is -2.05. The molecule has 1 aromatic heterocycles. The van der Waals surface area contributed by atoms with E-state index in [0.717, 1.165) is 11.6 Å². The predicted octanol–water partition coefficient (Wildman–Crippen LogP) is 3.22. The van der Waals surface area contributed by atoms with Crippen molar-refractivity contribution >= 4 is 29.0 Å². The number of pyridine rings is 1. The van der Waals surface area contributed by atoms with Crippen molar-refractivity contribution in [1.29, 1.82) is 0 Å². The molecule has 1 heterocycles. The topological polar surface area (TPSA) is 94.7 Å². The summed E-state index contributed by atoms with van der Waals surface area (Å²) in [7, 11) is 0. The van der Waals surface area contributed by atoms with Crippen molar-refractivity contribution in [2.45, 2.75) is 6.92 Å². The Bertz CT molecular complexity index is 747. The molecular weight excluding hydrogens is 310 g/mol. The molecular formula is C14H10ClN3O4. The zero-order valence-corrected chi connectivity index (χ0v) is 12.1. The van der Waals surface area contributed by atoms with Crippen LogP contribution in [-0.4, -0.2) is 21.6 Å². The van der Waals surface area contributed by atoms with Gasteiger partial charge in [0.25, 0.3) is 5.69 Å². The summed E-state index contributed by atoms with van der Waals surface area (Å²) in [5.74, 6) is -0.798. The van der Waals surface area contributed by atoms with E-state index in [1.807, 2.05) is 0 Å². The number of nitrogens with zero attached hydrogens (tertiary/aromatic N) is 3. The molecule has 2 rings (SSSR count). The van der Waals surface area contributed by atoms with Crippen molar-refractivity contribution in [3.63, 3.8) is 0 Å². The molecule has 0 saturated carbocycles. The summed E-state index contributed by atoms with van der Waals surface area (Å²) in [6.45, 7) is 1.67. The molecule has 0 saturated heterocycles. The molecule has 8 heteroatoms. The van der Waals surface area contributed by atoms with Crippen LogP contribution >= 0.6 is 11.6 Å². The van der Waals surface area contributed by atoms with Crippen LogP contribution in [0.25, 0.3) is 0 Å². The lowest BCUT2D eigenvalue weighted by molar-refractivity contribution is -0.384. The number of benzene rings is 1. The van der Waals surface area contributed by atoms with Crippen LogP contribution in [0.3, 0.4) is 0 Å². The fourth-order valence-electron chi connectivity index (χ4n) is 1.59. The molecule has 0 atom stereocenters. The SMILES string of the molecule is C/C(=N\OC(=O)c1ccc([N+](=O)[O-])cc1Cl)c1ccncc1. The van der Waals surface area contributed by atoms with Crippen molar-refractivity contribution in [2.24, 2.45) is 5.16 Å². The fourth-order valence-corrected chi connectivity index (χ4v) is 1.84. The Hall–Kier alpha value is -2.80. The second-order valence-electron chi connectivity index (χ2n) is 4.21. The minimum absolute atomic E-state index is 0.00135. The molecule has 0 amide bonds. The molecule has 1 aromatic carbocycles. The van der Waals surface area contributed by atoms with E-state index in [4.69, 9.17) is 16.4 Å². The van der Waals surface area contributed by atoms with Gasteiger partial charge in [-0.05, 0) is 25.1 Å². The summed E-state index contributed by atoms with van der Waals surface area (Å²) in [5.41, 5.74) is 1.02. The lowest BCUT2D eigenvalue weighted by Gasteiger charge is -2.03. The normalized spacial score (nSPS) is 11.1. The highest BCUT2D eigenvalue weighted by atomic mass is 35.5. The van der Waals surface area contributed by atoms with E-state index in [9.17, 15) is 14.9 Å². The molecule has 0 N–H and O–H groups in total. The maximum absolute atomic E-state index is 11.9. The number of non-ortho nitro benzene ring substituents is 1. The summed E-state index contributed by atoms with van der Waals surface area (Å²) in [5, 5.41) is 14.3. The van der Waals surface area contributed by atoms with Gasteiger partial charge in [-0.3, -0.25) is 15.1 Å². The quantitative estimate of drug-likeness (QED) is 0.373. The monoisotopic (exact) mass is 319 g/mol. The summed E-state index contributed by atoms with van der Waals surface area (Å²) in [6, 6.07) is 6.90. The third-order valence-electron chi connectivity index (χ3n) is 2.75. The van der Waals surface area contributed by atoms with Crippen molar-refractivity contribution in [3.05, 3.63) is 69.0 Å². The van der Waals surface area contributed by atoms with E-state index in [-0.39, 0.29) is 16.3 Å². The minimum atomic E-state index is -0.798. The molecule has 0 bridgehead atoms. The zero-order chi connectivity index (χ0) is 16.1. The Morgan fingerprint density at radius 1 is 1.32 bits per heavy atom. The molecule has 2 aromatic rings. The number of aromatic nitrogens is 1. The Balaban J connectivity index is 2.14. The standard InChI is InChI=1S/C14H10ClN3O4/c1-9(10-4-6-16-7-5-10)17-22-14(19)12-3-2-11(18(20)21)8-13(12)15/h2-8H,1H3/b17-9+. The maximum Gasteiger partial charge on any atom is 0.367 e. The fraction of sp³-hybridized carbons (Fsp3) is 0.0714. The second-order valence-corrected chi connectivity index (χ2v) is 4.62. The van der Waals surface area contributed by atoms with E-state index in [2.05, 4.69) is 10.1 Å². The van der Waals surface area contributed by atoms with Gasteiger partial charge in [-0.1, -0.05) is 16.8 Å². The van der Waals surface area contributed by atoms with Crippen molar-refractivity contribution in [1.82, 2.24) is 4.98 Å². The van der Waals surface area contributed by atoms with Crippen LogP contribution in [0.2, 0.25) is 5.02 Å². The highest BCUT2D eigenvalue weighted by Crippen LogP contribution is 2.23. The van der Waals surface area contributed by atoms with Gasteiger partial charge in [0.2, 0.25) is 0 Å². The molecule has 112 valence electrons. The van der Waals surface area contributed by atoms with Gasteiger partial charge in [0, 0.05) is 30.1 Å². The first kappa shape index (κ1) is 15.6. The van der Waals surface area contributed by atoms with Gasteiger partial charge in [0.15, 0.2) is 0 Å². The molecule has 22 heavy (non-hydrogen) atoms. The number of nitro groups is 1. The van der Waals surface area contributed by atoms with E-state index < -0.39 is 10.9 Å². The average molecular weight is 320 g/mol. The number of halogens is 1. The molecule has 0 fully saturated rings. The number of hydrogen-bond acceptors (Lipinski definition) is 6.